The van der Waals surface area contributed by atoms with Crippen LogP contribution in [0.1, 0.15) is 18.0 Å². The van der Waals surface area contributed by atoms with E-state index < -0.39 is 0 Å². The van der Waals surface area contributed by atoms with E-state index in [9.17, 15) is 0 Å². The average Bonchev–Trinajstić information content (AvgIpc) is 2.12. The Bertz CT molecular complexity index is 149. The molecular weight excluding hydrogens is 144 g/mol. The fraction of sp³-hybridized carbons (Fsp3) is 0.500. The fourth-order valence-electron chi connectivity index (χ4n) is 0.345. The Morgan fingerprint density at radius 1 is 1.88 bits per heavy atom. The monoisotopic (exact) mass is 148 g/mol. The molecule has 0 saturated carbocycles. The maximum atomic E-state index is 5.65. The number of nitrogens with zero attached hydrogens (tertiary/aromatic N) is 2. The summed E-state index contributed by atoms with van der Waals surface area (Å²) in [6.45, 7) is 1.87. The molecule has 0 aliphatic rings. The predicted molar refractivity (Wildman–Crippen MR) is 34.2 cm³/mol. The molecule has 0 spiro atoms. The molecule has 0 N–H and O–H groups in total. The smallest absolute Gasteiger partial charge is 0.0931 e. The van der Waals surface area contributed by atoms with Gasteiger partial charge in [0.05, 0.1) is 11.1 Å². The van der Waals surface area contributed by atoms with Crippen LogP contribution in [0.15, 0.2) is 5.38 Å². The average molecular weight is 149 g/mol. The van der Waals surface area contributed by atoms with E-state index in [0.717, 1.165) is 5.69 Å². The maximum Gasteiger partial charge on any atom is 0.0931 e. The number of hydrogen-bond donors (Lipinski definition) is 0. The lowest BCUT2D eigenvalue weighted by atomic mass is 10.4. The lowest BCUT2D eigenvalue weighted by Crippen LogP contribution is -1.81. The van der Waals surface area contributed by atoms with E-state index in [2.05, 4.69) is 9.59 Å². The van der Waals surface area contributed by atoms with Gasteiger partial charge >= 0.3 is 0 Å². The van der Waals surface area contributed by atoms with Gasteiger partial charge in [-0.25, -0.2) is 0 Å². The van der Waals surface area contributed by atoms with Gasteiger partial charge in [-0.15, -0.1) is 16.7 Å². The summed E-state index contributed by atoms with van der Waals surface area (Å²) < 4.78 is 3.65. The van der Waals surface area contributed by atoms with Gasteiger partial charge in [0.15, 0.2) is 0 Å². The molecule has 0 bridgehead atoms. The first-order valence-corrected chi connectivity index (χ1v) is 3.49. The van der Waals surface area contributed by atoms with Crippen LogP contribution in [0.4, 0.5) is 0 Å². The highest BCUT2D eigenvalue weighted by Crippen LogP contribution is 2.16. The van der Waals surface area contributed by atoms with Crippen molar-refractivity contribution in [2.75, 3.05) is 0 Å². The molecule has 0 aromatic carbocycles. The van der Waals surface area contributed by atoms with Gasteiger partial charge in [-0.2, -0.15) is 0 Å². The third-order valence-corrected chi connectivity index (χ3v) is 1.53. The number of rotatable bonds is 1. The first-order valence-electron chi connectivity index (χ1n) is 2.21. The summed E-state index contributed by atoms with van der Waals surface area (Å²) in [7, 11) is 0. The SMILES string of the molecule is CC(Cl)c1csnn1. The van der Waals surface area contributed by atoms with E-state index in [4.69, 9.17) is 11.6 Å². The molecular formula is C4H5ClN2S. The lowest BCUT2D eigenvalue weighted by molar-refractivity contribution is 0.961. The number of halogens is 1. The van der Waals surface area contributed by atoms with Crippen molar-refractivity contribution in [2.24, 2.45) is 0 Å². The van der Waals surface area contributed by atoms with Crippen LogP contribution in [0, 0.1) is 0 Å². The number of aromatic nitrogens is 2. The quantitative estimate of drug-likeness (QED) is 0.568. The molecule has 0 fully saturated rings. The Hall–Kier alpha value is -0.150. The van der Waals surface area contributed by atoms with Crippen LogP contribution in [-0.4, -0.2) is 9.59 Å². The van der Waals surface area contributed by atoms with Gasteiger partial charge in [-0.05, 0) is 18.5 Å². The fourth-order valence-corrected chi connectivity index (χ4v) is 1.07. The van der Waals surface area contributed by atoms with Crippen LogP contribution >= 0.6 is 23.1 Å². The highest BCUT2D eigenvalue weighted by atomic mass is 35.5. The van der Waals surface area contributed by atoms with Crippen molar-refractivity contribution < 1.29 is 0 Å². The van der Waals surface area contributed by atoms with Crippen molar-refractivity contribution >= 4 is 23.1 Å². The van der Waals surface area contributed by atoms with E-state index in [1.807, 2.05) is 12.3 Å². The first kappa shape index (κ1) is 5.98. The van der Waals surface area contributed by atoms with Crippen LogP contribution < -0.4 is 0 Å². The van der Waals surface area contributed by atoms with E-state index in [0.29, 0.717) is 0 Å². The van der Waals surface area contributed by atoms with Crippen LogP contribution in [0.2, 0.25) is 0 Å². The third kappa shape index (κ3) is 1.17. The molecule has 1 unspecified atom stereocenters. The third-order valence-electron chi connectivity index (χ3n) is 0.784. The van der Waals surface area contributed by atoms with Crippen LogP contribution in [0.25, 0.3) is 0 Å². The molecule has 8 heavy (non-hydrogen) atoms. The van der Waals surface area contributed by atoms with E-state index in [-0.39, 0.29) is 5.38 Å². The summed E-state index contributed by atoms with van der Waals surface area (Å²) in [5.74, 6) is 0. The molecule has 4 heteroatoms. The molecule has 0 amide bonds. The molecule has 44 valence electrons. The number of hydrogen-bond acceptors (Lipinski definition) is 3. The summed E-state index contributed by atoms with van der Waals surface area (Å²) in [6.07, 6.45) is 0. The summed E-state index contributed by atoms with van der Waals surface area (Å²) in [4.78, 5) is 0. The van der Waals surface area contributed by atoms with Crippen LogP contribution in [0.3, 0.4) is 0 Å². The highest BCUT2D eigenvalue weighted by Gasteiger charge is 2.01. The van der Waals surface area contributed by atoms with Crippen LogP contribution in [-0.2, 0) is 0 Å². The van der Waals surface area contributed by atoms with Crippen LogP contribution in [0.5, 0.6) is 0 Å². The van der Waals surface area contributed by atoms with Crippen molar-refractivity contribution in [1.82, 2.24) is 9.59 Å². The molecule has 1 heterocycles. The topological polar surface area (TPSA) is 25.8 Å². The first-order chi connectivity index (χ1) is 3.80. The second kappa shape index (κ2) is 2.42. The van der Waals surface area contributed by atoms with Crippen molar-refractivity contribution in [1.29, 1.82) is 0 Å². The van der Waals surface area contributed by atoms with Gasteiger partial charge < -0.3 is 0 Å². The summed E-state index contributed by atoms with van der Waals surface area (Å²) in [5, 5.41) is 5.59. The Balaban J connectivity index is 2.77. The minimum absolute atomic E-state index is 0.00579. The lowest BCUT2D eigenvalue weighted by Gasteiger charge is -1.90. The van der Waals surface area contributed by atoms with Gasteiger partial charge in [0, 0.05) is 5.38 Å². The van der Waals surface area contributed by atoms with Gasteiger partial charge in [0.1, 0.15) is 0 Å². The van der Waals surface area contributed by atoms with Crippen molar-refractivity contribution in [2.45, 2.75) is 12.3 Å². The van der Waals surface area contributed by atoms with Gasteiger partial charge in [0.2, 0.25) is 0 Å². The summed E-state index contributed by atoms with van der Waals surface area (Å²) in [5.41, 5.74) is 0.858. The second-order valence-electron chi connectivity index (χ2n) is 1.45. The zero-order chi connectivity index (χ0) is 5.98. The Morgan fingerprint density at radius 3 is 2.88 bits per heavy atom. The zero-order valence-electron chi connectivity index (χ0n) is 4.34. The Kier molecular flexibility index (Phi) is 1.81. The molecule has 1 aromatic rings. The Labute approximate surface area is 56.7 Å². The van der Waals surface area contributed by atoms with E-state index >= 15 is 0 Å². The van der Waals surface area contributed by atoms with E-state index in [1.165, 1.54) is 11.5 Å². The second-order valence-corrected chi connectivity index (χ2v) is 2.71. The molecule has 0 radical (unpaired) electrons. The largest absolute Gasteiger partial charge is 0.142 e. The minimum Gasteiger partial charge on any atom is -0.142 e. The zero-order valence-corrected chi connectivity index (χ0v) is 5.91. The molecule has 1 atom stereocenters. The number of alkyl halides is 1. The van der Waals surface area contributed by atoms with Gasteiger partial charge in [-0.1, -0.05) is 4.49 Å². The van der Waals surface area contributed by atoms with Gasteiger partial charge in [0.25, 0.3) is 0 Å². The predicted octanol–water partition coefficient (Wildman–Crippen LogP) is 1.84. The molecule has 1 aromatic heterocycles. The Morgan fingerprint density at radius 2 is 2.62 bits per heavy atom. The molecule has 2 nitrogen and oxygen atoms in total. The minimum atomic E-state index is -0.00579. The van der Waals surface area contributed by atoms with Crippen molar-refractivity contribution in [3.05, 3.63) is 11.1 Å². The standard InChI is InChI=1S/C4H5ClN2S/c1-3(5)4-2-8-7-6-4/h2-3H,1H3. The molecule has 0 aliphatic carbocycles. The molecule has 0 aliphatic heterocycles. The maximum absolute atomic E-state index is 5.65. The van der Waals surface area contributed by atoms with Crippen molar-refractivity contribution in [3.63, 3.8) is 0 Å². The molecule has 0 saturated heterocycles. The highest BCUT2D eigenvalue weighted by molar-refractivity contribution is 7.03. The summed E-state index contributed by atoms with van der Waals surface area (Å²) >= 11 is 6.97. The van der Waals surface area contributed by atoms with Gasteiger partial charge in [-0.3, -0.25) is 0 Å². The molecule has 1 rings (SSSR count). The van der Waals surface area contributed by atoms with Crippen molar-refractivity contribution in [3.8, 4) is 0 Å². The van der Waals surface area contributed by atoms with E-state index in [1.54, 1.807) is 0 Å². The normalized spacial score (nSPS) is 13.8. The summed E-state index contributed by atoms with van der Waals surface area (Å²) in [6, 6.07) is 0.